The lowest BCUT2D eigenvalue weighted by atomic mass is 9.99. The molecular formula is C23H46O3. The Bertz CT molecular complexity index is 307. The molecule has 0 aromatic rings. The number of esters is 1. The minimum atomic E-state index is -0.00781. The number of hydrogen-bond donors (Lipinski definition) is 0. The maximum Gasteiger partial charge on any atom is 0.305 e. The van der Waals surface area contributed by atoms with E-state index in [1.807, 2.05) is 0 Å². The highest BCUT2D eigenvalue weighted by Gasteiger charge is 2.09. The van der Waals surface area contributed by atoms with Crippen molar-refractivity contribution in [2.45, 2.75) is 118 Å². The van der Waals surface area contributed by atoms with E-state index < -0.39 is 0 Å². The summed E-state index contributed by atoms with van der Waals surface area (Å²) in [5, 5.41) is 0. The molecule has 3 heteroatoms. The molecule has 0 heterocycles. The van der Waals surface area contributed by atoms with Gasteiger partial charge in [0, 0.05) is 13.0 Å². The molecule has 0 fully saturated rings. The Kier molecular flexibility index (Phi) is 17.4. The maximum absolute atomic E-state index is 11.7. The van der Waals surface area contributed by atoms with Gasteiger partial charge in [-0.15, -0.1) is 0 Å². The lowest BCUT2D eigenvalue weighted by Crippen LogP contribution is -2.14. The van der Waals surface area contributed by atoms with Gasteiger partial charge in [0.25, 0.3) is 0 Å². The van der Waals surface area contributed by atoms with Gasteiger partial charge in [0.1, 0.15) is 0 Å². The summed E-state index contributed by atoms with van der Waals surface area (Å²) in [7, 11) is 0. The molecule has 0 spiro atoms. The van der Waals surface area contributed by atoms with Gasteiger partial charge in [-0.3, -0.25) is 4.79 Å². The van der Waals surface area contributed by atoms with Crippen molar-refractivity contribution in [3.8, 4) is 0 Å². The van der Waals surface area contributed by atoms with Crippen LogP contribution in [0.4, 0.5) is 0 Å². The quantitative estimate of drug-likeness (QED) is 0.191. The van der Waals surface area contributed by atoms with Crippen molar-refractivity contribution in [1.29, 1.82) is 0 Å². The van der Waals surface area contributed by atoms with E-state index in [4.69, 9.17) is 9.47 Å². The summed E-state index contributed by atoms with van der Waals surface area (Å²) in [5.74, 6) is -0.00781. The average Bonchev–Trinajstić information content (AvgIpc) is 2.58. The summed E-state index contributed by atoms with van der Waals surface area (Å²) in [4.78, 5) is 11.7. The molecule has 0 atom stereocenters. The van der Waals surface area contributed by atoms with Gasteiger partial charge in [-0.05, 0) is 24.7 Å². The van der Waals surface area contributed by atoms with Crippen LogP contribution in [0, 0.1) is 5.41 Å². The molecule has 26 heavy (non-hydrogen) atoms. The third-order valence-corrected chi connectivity index (χ3v) is 4.47. The molecule has 0 N–H and O–H groups in total. The normalized spacial score (nSPS) is 11.7. The van der Waals surface area contributed by atoms with E-state index in [0.717, 1.165) is 38.9 Å². The zero-order valence-corrected chi connectivity index (χ0v) is 18.2. The summed E-state index contributed by atoms with van der Waals surface area (Å²) in [6, 6.07) is 0. The second-order valence-electron chi connectivity index (χ2n) is 8.83. The van der Waals surface area contributed by atoms with Crippen molar-refractivity contribution >= 4 is 5.97 Å². The third kappa shape index (κ3) is 21.5. The molecule has 0 amide bonds. The SMILES string of the molecule is CCCCCCCCCOC(=O)CCCCCCCCOCC(C)(C)C. The summed E-state index contributed by atoms with van der Waals surface area (Å²) >= 11 is 0. The zero-order chi connectivity index (χ0) is 19.5. The van der Waals surface area contributed by atoms with Crippen LogP contribution < -0.4 is 0 Å². The summed E-state index contributed by atoms with van der Waals surface area (Å²) < 4.78 is 11.0. The molecule has 0 aromatic heterocycles. The van der Waals surface area contributed by atoms with E-state index >= 15 is 0 Å². The number of rotatable bonds is 18. The van der Waals surface area contributed by atoms with Crippen LogP contribution in [0.5, 0.6) is 0 Å². The Morgan fingerprint density at radius 2 is 1.19 bits per heavy atom. The predicted octanol–water partition coefficient (Wildman–Crippen LogP) is 7.07. The van der Waals surface area contributed by atoms with Crippen molar-refractivity contribution in [1.82, 2.24) is 0 Å². The second kappa shape index (κ2) is 17.8. The van der Waals surface area contributed by atoms with Gasteiger partial charge in [-0.2, -0.15) is 0 Å². The largest absolute Gasteiger partial charge is 0.466 e. The molecule has 0 bridgehead atoms. The first-order chi connectivity index (χ1) is 12.5. The Morgan fingerprint density at radius 1 is 0.692 bits per heavy atom. The molecule has 0 unspecified atom stereocenters. The number of ether oxygens (including phenoxy) is 2. The smallest absolute Gasteiger partial charge is 0.305 e. The van der Waals surface area contributed by atoms with Gasteiger partial charge in [0.15, 0.2) is 0 Å². The lowest BCUT2D eigenvalue weighted by Gasteiger charge is -2.17. The molecule has 0 rings (SSSR count). The van der Waals surface area contributed by atoms with Crippen molar-refractivity contribution < 1.29 is 14.3 Å². The van der Waals surface area contributed by atoms with Gasteiger partial charge in [-0.1, -0.05) is 91.9 Å². The molecule has 0 radical (unpaired) electrons. The third-order valence-electron chi connectivity index (χ3n) is 4.47. The Balaban J connectivity index is 3.20. The Hall–Kier alpha value is -0.570. The van der Waals surface area contributed by atoms with E-state index in [0.29, 0.717) is 13.0 Å². The van der Waals surface area contributed by atoms with Crippen LogP contribution in [-0.4, -0.2) is 25.8 Å². The van der Waals surface area contributed by atoms with E-state index in [1.54, 1.807) is 0 Å². The highest BCUT2D eigenvalue weighted by molar-refractivity contribution is 5.69. The predicted molar refractivity (Wildman–Crippen MR) is 112 cm³/mol. The van der Waals surface area contributed by atoms with Crippen LogP contribution in [0.1, 0.15) is 118 Å². The fraction of sp³-hybridized carbons (Fsp3) is 0.957. The van der Waals surface area contributed by atoms with Gasteiger partial charge < -0.3 is 9.47 Å². The molecule has 0 aliphatic rings. The first-order valence-electron chi connectivity index (χ1n) is 11.2. The molecule has 3 nitrogen and oxygen atoms in total. The fourth-order valence-corrected chi connectivity index (χ4v) is 2.88. The highest BCUT2D eigenvalue weighted by Crippen LogP contribution is 2.14. The standard InChI is InChI=1S/C23H46O3/c1-5-6-7-8-10-14-17-20-26-22(24)18-15-12-9-11-13-16-19-25-21-23(2,3)4/h5-21H2,1-4H3. The van der Waals surface area contributed by atoms with Crippen molar-refractivity contribution in [2.75, 3.05) is 19.8 Å². The fourth-order valence-electron chi connectivity index (χ4n) is 2.88. The van der Waals surface area contributed by atoms with E-state index in [9.17, 15) is 4.79 Å². The minimum Gasteiger partial charge on any atom is -0.466 e. The minimum absolute atomic E-state index is 0.00781. The van der Waals surface area contributed by atoms with E-state index in [2.05, 4.69) is 27.7 Å². The first kappa shape index (κ1) is 25.4. The average molecular weight is 371 g/mol. The topological polar surface area (TPSA) is 35.5 Å². The van der Waals surface area contributed by atoms with Crippen molar-refractivity contribution in [2.24, 2.45) is 5.41 Å². The van der Waals surface area contributed by atoms with E-state index in [1.165, 1.54) is 57.8 Å². The van der Waals surface area contributed by atoms with E-state index in [-0.39, 0.29) is 11.4 Å². The van der Waals surface area contributed by atoms with Crippen LogP contribution in [-0.2, 0) is 14.3 Å². The number of carbonyl (C=O) groups is 1. The Labute approximate surface area is 163 Å². The molecule has 0 aliphatic carbocycles. The lowest BCUT2D eigenvalue weighted by molar-refractivity contribution is -0.143. The molecule has 0 saturated carbocycles. The van der Waals surface area contributed by atoms with Crippen LogP contribution in [0.3, 0.4) is 0 Å². The van der Waals surface area contributed by atoms with Crippen LogP contribution in [0.25, 0.3) is 0 Å². The zero-order valence-electron chi connectivity index (χ0n) is 18.2. The van der Waals surface area contributed by atoms with Gasteiger partial charge in [0.05, 0.1) is 13.2 Å². The highest BCUT2D eigenvalue weighted by atomic mass is 16.5. The second-order valence-corrected chi connectivity index (χ2v) is 8.83. The molecule has 156 valence electrons. The molecule has 0 saturated heterocycles. The van der Waals surface area contributed by atoms with Crippen molar-refractivity contribution in [3.05, 3.63) is 0 Å². The molecule has 0 aromatic carbocycles. The van der Waals surface area contributed by atoms with Gasteiger partial charge in [0.2, 0.25) is 0 Å². The van der Waals surface area contributed by atoms with Crippen LogP contribution in [0.2, 0.25) is 0 Å². The first-order valence-corrected chi connectivity index (χ1v) is 11.2. The van der Waals surface area contributed by atoms with Gasteiger partial charge >= 0.3 is 5.97 Å². The maximum atomic E-state index is 11.7. The Morgan fingerprint density at radius 3 is 1.77 bits per heavy atom. The van der Waals surface area contributed by atoms with Crippen LogP contribution >= 0.6 is 0 Å². The number of hydrogen-bond acceptors (Lipinski definition) is 3. The summed E-state index contributed by atoms with van der Waals surface area (Å²) in [5.41, 5.74) is 0.267. The van der Waals surface area contributed by atoms with Crippen LogP contribution in [0.15, 0.2) is 0 Å². The summed E-state index contributed by atoms with van der Waals surface area (Å²) in [6.07, 6.45) is 16.3. The van der Waals surface area contributed by atoms with Crippen molar-refractivity contribution in [3.63, 3.8) is 0 Å². The molecular weight excluding hydrogens is 324 g/mol. The monoisotopic (exact) mass is 370 g/mol. The number of unbranched alkanes of at least 4 members (excludes halogenated alkanes) is 11. The van der Waals surface area contributed by atoms with Gasteiger partial charge in [-0.25, -0.2) is 0 Å². The number of carbonyl (C=O) groups excluding carboxylic acids is 1. The molecule has 0 aliphatic heterocycles. The summed E-state index contributed by atoms with van der Waals surface area (Å²) in [6.45, 7) is 11.2.